The van der Waals surface area contributed by atoms with Crippen LogP contribution in [0.1, 0.15) is 25.7 Å². The lowest BCUT2D eigenvalue weighted by Gasteiger charge is -2.57. The molecule has 1 spiro atoms. The van der Waals surface area contributed by atoms with Gasteiger partial charge in [-0.25, -0.2) is 9.97 Å². The molecule has 1 N–H and O–H groups in total. The second kappa shape index (κ2) is 6.82. The summed E-state index contributed by atoms with van der Waals surface area (Å²) in [5.41, 5.74) is 0.709. The molecule has 2 aromatic rings. The van der Waals surface area contributed by atoms with Crippen LogP contribution in [0.4, 0.5) is 5.82 Å². The summed E-state index contributed by atoms with van der Waals surface area (Å²) in [6, 6.07) is 3.96. The van der Waals surface area contributed by atoms with Crippen molar-refractivity contribution in [1.82, 2.24) is 19.9 Å². The number of amides is 1. The maximum Gasteiger partial charge on any atom is 0.237 e. The van der Waals surface area contributed by atoms with Crippen molar-refractivity contribution in [2.75, 3.05) is 24.5 Å². The van der Waals surface area contributed by atoms with Crippen molar-refractivity contribution in [3.8, 4) is 18.9 Å². The highest BCUT2D eigenvalue weighted by Gasteiger charge is 2.49. The van der Waals surface area contributed by atoms with E-state index < -0.39 is 0 Å². The minimum Gasteiger partial charge on any atom is -0.354 e. The zero-order chi connectivity index (χ0) is 17.9. The van der Waals surface area contributed by atoms with Gasteiger partial charge in [-0.2, -0.15) is 5.26 Å². The third-order valence-electron chi connectivity index (χ3n) is 5.09. The summed E-state index contributed by atoms with van der Waals surface area (Å²) in [5, 5.41) is 9.80. The third-order valence-corrected chi connectivity index (χ3v) is 5.09. The van der Waals surface area contributed by atoms with Gasteiger partial charge in [-0.1, -0.05) is 0 Å². The summed E-state index contributed by atoms with van der Waals surface area (Å²) < 4.78 is 0. The average Bonchev–Trinajstić information content (AvgIpc) is 3.11. The zero-order valence-corrected chi connectivity index (χ0v) is 14.0. The number of carbonyl (C=O) groups is 1. The van der Waals surface area contributed by atoms with Crippen molar-refractivity contribution in [3.63, 3.8) is 0 Å². The van der Waals surface area contributed by atoms with Crippen LogP contribution in [0.5, 0.6) is 0 Å². The molecule has 2 saturated heterocycles. The van der Waals surface area contributed by atoms with E-state index in [9.17, 15) is 4.79 Å². The van der Waals surface area contributed by atoms with E-state index in [0.717, 1.165) is 55.7 Å². The zero-order valence-electron chi connectivity index (χ0n) is 14.0. The molecule has 0 aromatic carbocycles. The number of nitrogens with one attached hydrogen (secondary N) is 1. The van der Waals surface area contributed by atoms with Crippen molar-refractivity contribution in [2.24, 2.45) is 0 Å². The molecule has 128 valence electrons. The standard InChI is InChI=1S/C16H18N6O.C2H2/c17-6-2-13(23)22-9-5-16(22)4-1-8-21(10-16)15-12-3-7-18-14(12)19-11-20-15;1-2/h3,7,11H,1-2,4-5,8-10H2,(H,18,19,20);1-2H/t16-;/m0./s1. The number of likely N-dealkylation sites (tertiary alicyclic amines) is 1. The summed E-state index contributed by atoms with van der Waals surface area (Å²) in [6.07, 6.45) is 14.4. The number of aromatic amines is 1. The van der Waals surface area contributed by atoms with Crippen molar-refractivity contribution < 1.29 is 4.79 Å². The predicted molar refractivity (Wildman–Crippen MR) is 94.5 cm³/mol. The van der Waals surface area contributed by atoms with Crippen LogP contribution in [0.3, 0.4) is 0 Å². The first-order valence-corrected chi connectivity index (χ1v) is 8.27. The van der Waals surface area contributed by atoms with Crippen LogP contribution in [0, 0.1) is 24.2 Å². The van der Waals surface area contributed by atoms with Crippen molar-refractivity contribution in [1.29, 1.82) is 5.26 Å². The molecular formula is C18H20N6O. The number of hydrogen-bond donors (Lipinski definition) is 1. The summed E-state index contributed by atoms with van der Waals surface area (Å²) in [7, 11) is 0. The van der Waals surface area contributed by atoms with E-state index in [1.54, 1.807) is 6.33 Å². The van der Waals surface area contributed by atoms with Gasteiger partial charge in [0, 0.05) is 25.8 Å². The van der Waals surface area contributed by atoms with E-state index in [0.29, 0.717) is 0 Å². The van der Waals surface area contributed by atoms with Crippen LogP contribution in [0.25, 0.3) is 11.0 Å². The molecule has 7 nitrogen and oxygen atoms in total. The fourth-order valence-electron chi connectivity index (χ4n) is 3.92. The minimum atomic E-state index is -0.125. The molecule has 2 fully saturated rings. The first kappa shape index (κ1) is 16.8. The first-order valence-electron chi connectivity index (χ1n) is 8.27. The summed E-state index contributed by atoms with van der Waals surface area (Å²) >= 11 is 0. The number of fused-ring (bicyclic) bond motifs is 1. The van der Waals surface area contributed by atoms with Gasteiger partial charge in [0.25, 0.3) is 0 Å². The number of piperidine rings is 1. The molecule has 7 heteroatoms. The molecule has 1 atom stereocenters. The lowest BCUT2D eigenvalue weighted by atomic mass is 9.77. The molecule has 4 rings (SSSR count). The minimum absolute atomic E-state index is 0.0304. The second-order valence-electron chi connectivity index (χ2n) is 6.32. The van der Waals surface area contributed by atoms with Crippen LogP contribution in [0.15, 0.2) is 18.6 Å². The van der Waals surface area contributed by atoms with E-state index in [4.69, 9.17) is 5.26 Å². The van der Waals surface area contributed by atoms with E-state index >= 15 is 0 Å². The van der Waals surface area contributed by atoms with Crippen LogP contribution in [0.2, 0.25) is 0 Å². The fourth-order valence-corrected chi connectivity index (χ4v) is 3.92. The molecule has 0 aliphatic carbocycles. The first-order chi connectivity index (χ1) is 12.2. The van der Waals surface area contributed by atoms with Crippen LogP contribution in [-0.2, 0) is 4.79 Å². The Kier molecular flexibility index (Phi) is 4.58. The quantitative estimate of drug-likeness (QED) is 0.843. The molecule has 0 unspecified atom stereocenters. The van der Waals surface area contributed by atoms with Gasteiger partial charge < -0.3 is 14.8 Å². The molecular weight excluding hydrogens is 316 g/mol. The van der Waals surface area contributed by atoms with Crippen LogP contribution < -0.4 is 4.90 Å². The van der Waals surface area contributed by atoms with Crippen molar-refractivity contribution in [3.05, 3.63) is 18.6 Å². The highest BCUT2D eigenvalue weighted by Crippen LogP contribution is 2.40. The van der Waals surface area contributed by atoms with Gasteiger partial charge in [-0.05, 0) is 25.3 Å². The Morgan fingerprint density at radius 2 is 2.20 bits per heavy atom. The average molecular weight is 336 g/mol. The molecule has 4 heterocycles. The number of rotatable bonds is 2. The largest absolute Gasteiger partial charge is 0.354 e. The molecule has 0 saturated carbocycles. The molecule has 2 aliphatic rings. The Bertz CT molecular complexity index is 835. The topological polar surface area (TPSA) is 88.9 Å². The number of anilines is 1. The van der Waals surface area contributed by atoms with Crippen LogP contribution >= 0.6 is 0 Å². The van der Waals surface area contributed by atoms with E-state index in [-0.39, 0.29) is 17.9 Å². The second-order valence-corrected chi connectivity index (χ2v) is 6.32. The smallest absolute Gasteiger partial charge is 0.237 e. The van der Waals surface area contributed by atoms with Gasteiger partial charge in [-0.15, -0.1) is 12.8 Å². The van der Waals surface area contributed by atoms with Gasteiger partial charge in [0.1, 0.15) is 24.2 Å². The van der Waals surface area contributed by atoms with Gasteiger partial charge in [0.2, 0.25) is 5.91 Å². The van der Waals surface area contributed by atoms with Crippen molar-refractivity contribution >= 4 is 22.8 Å². The monoisotopic (exact) mass is 336 g/mol. The molecule has 2 aromatic heterocycles. The van der Waals surface area contributed by atoms with Gasteiger partial charge >= 0.3 is 0 Å². The highest BCUT2D eigenvalue weighted by molar-refractivity contribution is 5.87. The normalized spacial score (nSPS) is 22.0. The predicted octanol–water partition coefficient (Wildman–Crippen LogP) is 1.69. The van der Waals surface area contributed by atoms with E-state index in [1.807, 2.05) is 23.2 Å². The van der Waals surface area contributed by atoms with Crippen molar-refractivity contribution in [2.45, 2.75) is 31.2 Å². The van der Waals surface area contributed by atoms with Gasteiger partial charge in [0.05, 0.1) is 17.0 Å². The molecule has 1 amide bonds. The number of carbonyl (C=O) groups excluding carboxylic acids is 1. The molecule has 0 radical (unpaired) electrons. The number of H-pyrrole nitrogens is 1. The highest BCUT2D eigenvalue weighted by atomic mass is 16.2. The Balaban J connectivity index is 0.000000880. The lowest BCUT2D eigenvalue weighted by Crippen LogP contribution is -2.68. The maximum atomic E-state index is 12.2. The number of terminal acetylenes is 1. The summed E-state index contributed by atoms with van der Waals surface area (Å²) in [6.45, 7) is 2.47. The lowest BCUT2D eigenvalue weighted by molar-refractivity contribution is -0.147. The van der Waals surface area contributed by atoms with E-state index in [2.05, 4.69) is 32.7 Å². The Morgan fingerprint density at radius 1 is 1.36 bits per heavy atom. The maximum absolute atomic E-state index is 12.2. The summed E-state index contributed by atoms with van der Waals surface area (Å²) in [5.74, 6) is 0.880. The number of nitrogens with zero attached hydrogens (tertiary/aromatic N) is 5. The Labute approximate surface area is 146 Å². The van der Waals surface area contributed by atoms with E-state index in [1.165, 1.54) is 0 Å². The number of hydrogen-bond acceptors (Lipinski definition) is 5. The van der Waals surface area contributed by atoms with Gasteiger partial charge in [-0.3, -0.25) is 4.79 Å². The molecule has 0 bridgehead atoms. The number of aromatic nitrogens is 3. The van der Waals surface area contributed by atoms with Gasteiger partial charge in [0.15, 0.2) is 0 Å². The fraction of sp³-hybridized carbons (Fsp3) is 0.444. The molecule has 25 heavy (non-hydrogen) atoms. The van der Waals surface area contributed by atoms with Crippen LogP contribution in [-0.4, -0.2) is 50.9 Å². The SMILES string of the molecule is C#C.N#CCC(=O)N1CC[C@]12CCCN(c1ncnc3[nH]ccc13)C2. The summed E-state index contributed by atoms with van der Waals surface area (Å²) in [4.78, 5) is 28.2. The Morgan fingerprint density at radius 3 is 2.92 bits per heavy atom. The Hall–Kier alpha value is -3.06. The molecule has 2 aliphatic heterocycles. The third kappa shape index (κ3) is 2.78. The number of nitriles is 1.